The van der Waals surface area contributed by atoms with E-state index < -0.39 is 0 Å². The lowest BCUT2D eigenvalue weighted by molar-refractivity contribution is -0.137. The molecule has 0 saturated carbocycles. The Kier molecular flexibility index (Phi) is 7.12. The molecular weight excluding hydrogens is 370 g/mol. The summed E-state index contributed by atoms with van der Waals surface area (Å²) in [6.07, 6.45) is 1.80. The van der Waals surface area contributed by atoms with Gasteiger partial charge in [-0.25, -0.2) is 4.79 Å². The molecule has 0 bridgehead atoms. The summed E-state index contributed by atoms with van der Waals surface area (Å²) < 4.78 is 5.25. The molecule has 2 heterocycles. The van der Waals surface area contributed by atoms with Crippen LogP contribution < -0.4 is 0 Å². The van der Waals surface area contributed by atoms with Crippen LogP contribution in [0.2, 0.25) is 0 Å². The Balaban J connectivity index is 1.50. The molecular formula is C22H31N3O4. The van der Waals surface area contributed by atoms with Crippen LogP contribution in [0.15, 0.2) is 30.3 Å². The van der Waals surface area contributed by atoms with Gasteiger partial charge in [0.2, 0.25) is 11.8 Å². The monoisotopic (exact) mass is 401 g/mol. The first-order valence-corrected chi connectivity index (χ1v) is 10.6. The third-order valence-corrected chi connectivity index (χ3v) is 5.83. The third kappa shape index (κ3) is 5.08. The standard InChI is InChI=1S/C22H31N3O4/c1-3-4-14-29-22(28)24-12-10-23(11-13-24)21(27)19-15-20(26)25(16-19)17(2)18-8-6-5-7-9-18/h5-9,17,19H,3-4,10-16H2,1-2H3. The molecule has 3 amide bonds. The van der Waals surface area contributed by atoms with E-state index in [0.717, 1.165) is 18.4 Å². The van der Waals surface area contributed by atoms with Crippen LogP contribution in [0.3, 0.4) is 0 Å². The Morgan fingerprint density at radius 3 is 2.41 bits per heavy atom. The molecule has 0 aliphatic carbocycles. The van der Waals surface area contributed by atoms with Crippen LogP contribution in [0.1, 0.15) is 44.7 Å². The number of nitrogens with zero attached hydrogens (tertiary/aromatic N) is 3. The molecule has 0 aromatic heterocycles. The van der Waals surface area contributed by atoms with Crippen molar-refractivity contribution < 1.29 is 19.1 Å². The maximum absolute atomic E-state index is 13.0. The molecule has 7 heteroatoms. The van der Waals surface area contributed by atoms with E-state index >= 15 is 0 Å². The van der Waals surface area contributed by atoms with Crippen LogP contribution in [0.4, 0.5) is 4.79 Å². The summed E-state index contributed by atoms with van der Waals surface area (Å²) in [5.41, 5.74) is 1.07. The van der Waals surface area contributed by atoms with Crippen LogP contribution in [0.5, 0.6) is 0 Å². The lowest BCUT2D eigenvalue weighted by atomic mass is 10.1. The maximum Gasteiger partial charge on any atom is 0.409 e. The minimum atomic E-state index is -0.309. The summed E-state index contributed by atoms with van der Waals surface area (Å²) in [7, 11) is 0. The van der Waals surface area contributed by atoms with Crippen molar-refractivity contribution in [2.24, 2.45) is 5.92 Å². The molecule has 2 fully saturated rings. The molecule has 2 atom stereocenters. The van der Waals surface area contributed by atoms with Crippen molar-refractivity contribution in [3.05, 3.63) is 35.9 Å². The van der Waals surface area contributed by atoms with Gasteiger partial charge < -0.3 is 19.4 Å². The van der Waals surface area contributed by atoms with Crippen molar-refractivity contribution in [3.8, 4) is 0 Å². The van der Waals surface area contributed by atoms with Crippen molar-refractivity contribution in [2.75, 3.05) is 39.3 Å². The second kappa shape index (κ2) is 9.76. The zero-order valence-electron chi connectivity index (χ0n) is 17.4. The van der Waals surface area contributed by atoms with Gasteiger partial charge in [-0.15, -0.1) is 0 Å². The average Bonchev–Trinajstić information content (AvgIpc) is 3.15. The Labute approximate surface area is 172 Å². The summed E-state index contributed by atoms with van der Waals surface area (Å²) >= 11 is 0. The zero-order chi connectivity index (χ0) is 20.8. The van der Waals surface area contributed by atoms with Crippen molar-refractivity contribution >= 4 is 17.9 Å². The van der Waals surface area contributed by atoms with Crippen molar-refractivity contribution in [2.45, 2.75) is 39.2 Å². The smallest absolute Gasteiger partial charge is 0.409 e. The Morgan fingerprint density at radius 1 is 1.10 bits per heavy atom. The molecule has 158 valence electrons. The number of ether oxygens (including phenoxy) is 1. The minimum Gasteiger partial charge on any atom is -0.449 e. The lowest BCUT2D eigenvalue weighted by Gasteiger charge is -2.35. The lowest BCUT2D eigenvalue weighted by Crippen LogP contribution is -2.52. The molecule has 2 saturated heterocycles. The summed E-state index contributed by atoms with van der Waals surface area (Å²) in [6, 6.07) is 9.84. The molecule has 1 aromatic carbocycles. The molecule has 0 radical (unpaired) electrons. The number of benzene rings is 1. The number of carbonyl (C=O) groups excluding carboxylic acids is 3. The van der Waals surface area contributed by atoms with Gasteiger partial charge in [0.25, 0.3) is 0 Å². The molecule has 0 N–H and O–H groups in total. The van der Waals surface area contributed by atoms with E-state index in [1.165, 1.54) is 0 Å². The fraction of sp³-hybridized carbons (Fsp3) is 0.591. The summed E-state index contributed by atoms with van der Waals surface area (Å²) in [5, 5.41) is 0. The number of rotatable bonds is 6. The highest BCUT2D eigenvalue weighted by molar-refractivity contribution is 5.89. The average molecular weight is 402 g/mol. The van der Waals surface area contributed by atoms with Crippen molar-refractivity contribution in [1.82, 2.24) is 14.7 Å². The maximum atomic E-state index is 13.0. The molecule has 1 aromatic rings. The number of hydrogen-bond donors (Lipinski definition) is 0. The van der Waals surface area contributed by atoms with E-state index in [1.807, 2.05) is 44.2 Å². The number of hydrogen-bond acceptors (Lipinski definition) is 4. The number of likely N-dealkylation sites (tertiary alicyclic amines) is 1. The van der Waals surface area contributed by atoms with Crippen LogP contribution >= 0.6 is 0 Å². The fourth-order valence-electron chi connectivity index (χ4n) is 3.95. The summed E-state index contributed by atoms with van der Waals surface area (Å²) in [5.74, 6) is -0.269. The highest BCUT2D eigenvalue weighted by Gasteiger charge is 2.39. The van der Waals surface area contributed by atoms with Gasteiger partial charge in [0.05, 0.1) is 18.6 Å². The molecule has 2 aliphatic heterocycles. The van der Waals surface area contributed by atoms with Gasteiger partial charge in [0.15, 0.2) is 0 Å². The van der Waals surface area contributed by atoms with Gasteiger partial charge >= 0.3 is 6.09 Å². The largest absolute Gasteiger partial charge is 0.449 e. The Hall–Kier alpha value is -2.57. The Bertz CT molecular complexity index is 716. The molecule has 2 aliphatic rings. The van der Waals surface area contributed by atoms with E-state index in [9.17, 15) is 14.4 Å². The topological polar surface area (TPSA) is 70.2 Å². The first kappa shape index (κ1) is 21.1. The van der Waals surface area contributed by atoms with Crippen LogP contribution in [0.25, 0.3) is 0 Å². The van der Waals surface area contributed by atoms with Gasteiger partial charge in [0, 0.05) is 39.1 Å². The van der Waals surface area contributed by atoms with Crippen molar-refractivity contribution in [3.63, 3.8) is 0 Å². The van der Waals surface area contributed by atoms with Gasteiger partial charge in [0.1, 0.15) is 0 Å². The first-order valence-electron chi connectivity index (χ1n) is 10.6. The SMILES string of the molecule is CCCCOC(=O)N1CCN(C(=O)C2CC(=O)N(C(C)c3ccccc3)C2)CC1. The molecule has 7 nitrogen and oxygen atoms in total. The van der Waals surface area contributed by atoms with Gasteiger partial charge in [-0.3, -0.25) is 9.59 Å². The molecule has 29 heavy (non-hydrogen) atoms. The van der Waals surface area contributed by atoms with Gasteiger partial charge in [-0.2, -0.15) is 0 Å². The second-order valence-corrected chi connectivity index (χ2v) is 7.81. The van der Waals surface area contributed by atoms with Gasteiger partial charge in [-0.1, -0.05) is 43.7 Å². The molecule has 2 unspecified atom stereocenters. The van der Waals surface area contributed by atoms with Crippen LogP contribution in [-0.4, -0.2) is 71.9 Å². The summed E-state index contributed by atoms with van der Waals surface area (Å²) in [6.45, 7) is 6.86. The Morgan fingerprint density at radius 2 is 1.76 bits per heavy atom. The quantitative estimate of drug-likeness (QED) is 0.687. The number of amides is 3. The zero-order valence-corrected chi connectivity index (χ0v) is 17.4. The van der Waals surface area contributed by atoms with Crippen LogP contribution in [-0.2, 0) is 14.3 Å². The van der Waals surface area contributed by atoms with E-state index in [0.29, 0.717) is 39.3 Å². The fourth-order valence-corrected chi connectivity index (χ4v) is 3.95. The van der Waals surface area contributed by atoms with E-state index in [4.69, 9.17) is 4.74 Å². The van der Waals surface area contributed by atoms with E-state index in [2.05, 4.69) is 0 Å². The predicted octanol–water partition coefficient (Wildman–Crippen LogP) is 2.68. The second-order valence-electron chi connectivity index (χ2n) is 7.81. The number of unbranched alkanes of at least 4 members (excludes halogenated alkanes) is 1. The third-order valence-electron chi connectivity index (χ3n) is 5.83. The van der Waals surface area contributed by atoms with Crippen molar-refractivity contribution in [1.29, 1.82) is 0 Å². The van der Waals surface area contributed by atoms with Crippen LogP contribution in [0, 0.1) is 5.92 Å². The first-order chi connectivity index (χ1) is 14.0. The van der Waals surface area contributed by atoms with Gasteiger partial charge in [-0.05, 0) is 18.9 Å². The van der Waals surface area contributed by atoms with E-state index in [-0.39, 0.29) is 36.3 Å². The van der Waals surface area contributed by atoms with E-state index in [1.54, 1.807) is 14.7 Å². The highest BCUT2D eigenvalue weighted by Crippen LogP contribution is 2.29. The normalized spacial score (nSPS) is 20.7. The highest BCUT2D eigenvalue weighted by atomic mass is 16.6. The molecule has 3 rings (SSSR count). The summed E-state index contributed by atoms with van der Waals surface area (Å²) in [4.78, 5) is 42.8. The minimum absolute atomic E-state index is 0.0140. The molecule has 0 spiro atoms. The predicted molar refractivity (Wildman–Crippen MR) is 109 cm³/mol. The number of carbonyl (C=O) groups is 3. The number of piperazine rings is 1.